The van der Waals surface area contributed by atoms with Gasteiger partial charge in [0.1, 0.15) is 6.61 Å². The first kappa shape index (κ1) is 20.7. The van der Waals surface area contributed by atoms with E-state index >= 15 is 0 Å². The number of carboxylic acids is 1. The van der Waals surface area contributed by atoms with Gasteiger partial charge in [-0.3, -0.25) is 0 Å². The van der Waals surface area contributed by atoms with Gasteiger partial charge in [0.05, 0.1) is 11.6 Å². The van der Waals surface area contributed by atoms with Gasteiger partial charge in [0.25, 0.3) is 0 Å². The minimum atomic E-state index is -0.995. The van der Waals surface area contributed by atoms with Crippen LogP contribution < -0.4 is 5.32 Å². The summed E-state index contributed by atoms with van der Waals surface area (Å²) in [4.78, 5) is 24.0. The molecule has 1 aliphatic rings. The molecule has 2 N–H and O–H groups in total. The van der Waals surface area contributed by atoms with Crippen molar-refractivity contribution >= 4 is 12.1 Å². The maximum atomic E-state index is 12.7. The van der Waals surface area contributed by atoms with Gasteiger partial charge in [0.15, 0.2) is 0 Å². The van der Waals surface area contributed by atoms with Crippen LogP contribution in [0.2, 0.25) is 0 Å². The lowest BCUT2D eigenvalue weighted by atomic mass is 9.95. The molecule has 0 heterocycles. The molecule has 0 aliphatic heterocycles. The SMILES string of the molecule is CC(C)C(NC(=O)OCC1c2ccccc2-c2ccccc21)c1cccc(C(=O)O)c1. The molecule has 3 aromatic carbocycles. The molecule has 1 atom stereocenters. The average molecular weight is 415 g/mol. The Morgan fingerprint density at radius 2 is 1.55 bits per heavy atom. The van der Waals surface area contributed by atoms with E-state index in [0.717, 1.165) is 16.7 Å². The number of carbonyl (C=O) groups excluding carboxylic acids is 1. The highest BCUT2D eigenvalue weighted by atomic mass is 16.5. The molecule has 4 rings (SSSR count). The quantitative estimate of drug-likeness (QED) is 0.548. The number of carbonyl (C=O) groups is 2. The number of amides is 1. The highest BCUT2D eigenvalue weighted by Gasteiger charge is 2.29. The molecule has 0 spiro atoms. The van der Waals surface area contributed by atoms with Crippen molar-refractivity contribution < 1.29 is 19.4 Å². The lowest BCUT2D eigenvalue weighted by Crippen LogP contribution is -2.33. The van der Waals surface area contributed by atoms with E-state index in [1.165, 1.54) is 17.2 Å². The molecule has 0 aromatic heterocycles. The summed E-state index contributed by atoms with van der Waals surface area (Å²) in [5.41, 5.74) is 5.60. The third-order valence-electron chi connectivity index (χ3n) is 5.78. The van der Waals surface area contributed by atoms with Gasteiger partial charge in [-0.25, -0.2) is 9.59 Å². The van der Waals surface area contributed by atoms with Crippen molar-refractivity contribution in [2.45, 2.75) is 25.8 Å². The van der Waals surface area contributed by atoms with Crippen LogP contribution in [0.15, 0.2) is 72.8 Å². The normalized spacial score (nSPS) is 13.4. The van der Waals surface area contributed by atoms with Gasteiger partial charge < -0.3 is 15.2 Å². The van der Waals surface area contributed by atoms with Crippen molar-refractivity contribution in [3.63, 3.8) is 0 Å². The van der Waals surface area contributed by atoms with Gasteiger partial charge >= 0.3 is 12.1 Å². The number of fused-ring (bicyclic) bond motifs is 3. The first-order valence-electron chi connectivity index (χ1n) is 10.4. The minimum absolute atomic E-state index is 0.00834. The molecule has 0 fully saturated rings. The van der Waals surface area contributed by atoms with Crippen molar-refractivity contribution in [3.05, 3.63) is 95.1 Å². The number of rotatable bonds is 6. The number of alkyl carbamates (subject to hydrolysis) is 1. The van der Waals surface area contributed by atoms with Gasteiger partial charge in [-0.15, -0.1) is 0 Å². The Kier molecular flexibility index (Phi) is 5.76. The number of hydrogen-bond acceptors (Lipinski definition) is 3. The summed E-state index contributed by atoms with van der Waals surface area (Å²) in [5.74, 6) is -0.944. The molecule has 0 radical (unpaired) electrons. The maximum absolute atomic E-state index is 12.7. The Morgan fingerprint density at radius 1 is 0.935 bits per heavy atom. The highest BCUT2D eigenvalue weighted by Crippen LogP contribution is 2.44. The van der Waals surface area contributed by atoms with E-state index in [1.54, 1.807) is 12.1 Å². The van der Waals surface area contributed by atoms with Crippen LogP contribution >= 0.6 is 0 Å². The molecular weight excluding hydrogens is 390 g/mol. The summed E-state index contributed by atoms with van der Waals surface area (Å²) < 4.78 is 5.65. The van der Waals surface area contributed by atoms with Crippen LogP contribution in [0.4, 0.5) is 4.79 Å². The number of ether oxygens (including phenoxy) is 1. The molecule has 3 aromatic rings. The van der Waals surface area contributed by atoms with Crippen LogP contribution in [0.1, 0.15) is 52.9 Å². The van der Waals surface area contributed by atoms with E-state index in [0.29, 0.717) is 0 Å². The van der Waals surface area contributed by atoms with E-state index < -0.39 is 12.1 Å². The number of carboxylic acid groups (broad SMARTS) is 1. The molecule has 1 amide bonds. The molecule has 5 nitrogen and oxygen atoms in total. The second kappa shape index (κ2) is 8.64. The van der Waals surface area contributed by atoms with Crippen molar-refractivity contribution in [1.82, 2.24) is 5.32 Å². The molecular formula is C26H25NO4. The van der Waals surface area contributed by atoms with Gasteiger partial charge in [-0.2, -0.15) is 0 Å². The highest BCUT2D eigenvalue weighted by molar-refractivity contribution is 5.87. The summed E-state index contributed by atoms with van der Waals surface area (Å²) in [7, 11) is 0. The molecule has 1 unspecified atom stereocenters. The van der Waals surface area contributed by atoms with Crippen LogP contribution in [0.25, 0.3) is 11.1 Å². The Balaban J connectivity index is 1.49. The zero-order chi connectivity index (χ0) is 22.0. The van der Waals surface area contributed by atoms with E-state index in [9.17, 15) is 14.7 Å². The Bertz CT molecular complexity index is 1080. The second-order valence-electron chi connectivity index (χ2n) is 8.12. The van der Waals surface area contributed by atoms with E-state index in [-0.39, 0.29) is 30.0 Å². The molecule has 158 valence electrons. The van der Waals surface area contributed by atoms with Crippen molar-refractivity contribution in [2.24, 2.45) is 5.92 Å². The van der Waals surface area contributed by atoms with Crippen LogP contribution in [-0.2, 0) is 4.74 Å². The second-order valence-corrected chi connectivity index (χ2v) is 8.12. The Morgan fingerprint density at radius 3 is 2.13 bits per heavy atom. The number of hydrogen-bond donors (Lipinski definition) is 2. The summed E-state index contributed by atoms with van der Waals surface area (Å²) in [6.45, 7) is 4.18. The summed E-state index contributed by atoms with van der Waals surface area (Å²) >= 11 is 0. The topological polar surface area (TPSA) is 75.6 Å². The minimum Gasteiger partial charge on any atom is -0.478 e. The fourth-order valence-electron chi connectivity index (χ4n) is 4.27. The third-order valence-corrected chi connectivity index (χ3v) is 5.78. The maximum Gasteiger partial charge on any atom is 0.407 e. The van der Waals surface area contributed by atoms with E-state index in [1.807, 2.05) is 44.2 Å². The van der Waals surface area contributed by atoms with E-state index in [2.05, 4.69) is 29.6 Å². The monoisotopic (exact) mass is 415 g/mol. The third kappa shape index (κ3) is 4.17. The summed E-state index contributed by atoms with van der Waals surface area (Å²) in [5, 5.41) is 12.2. The first-order valence-corrected chi connectivity index (χ1v) is 10.4. The first-order chi connectivity index (χ1) is 15.0. The van der Waals surface area contributed by atoms with Crippen LogP contribution in [0, 0.1) is 5.92 Å². The standard InChI is InChI=1S/C26H25NO4/c1-16(2)24(17-8-7-9-18(14-17)25(28)29)27-26(30)31-15-23-21-12-5-3-10-19(21)20-11-4-6-13-22(20)23/h3-14,16,23-24H,15H2,1-2H3,(H,27,30)(H,28,29). The molecule has 1 aliphatic carbocycles. The average Bonchev–Trinajstić information content (AvgIpc) is 3.09. The van der Waals surface area contributed by atoms with Crippen molar-refractivity contribution in [3.8, 4) is 11.1 Å². The number of nitrogens with one attached hydrogen (secondary N) is 1. The predicted octanol–water partition coefficient (Wildman–Crippen LogP) is 5.62. The summed E-state index contributed by atoms with van der Waals surface area (Å²) in [6.07, 6.45) is -0.513. The molecule has 0 saturated heterocycles. The van der Waals surface area contributed by atoms with Crippen molar-refractivity contribution in [1.29, 1.82) is 0 Å². The molecule has 0 bridgehead atoms. The number of benzene rings is 3. The van der Waals surface area contributed by atoms with Gasteiger partial charge in [-0.05, 0) is 45.9 Å². The van der Waals surface area contributed by atoms with Gasteiger partial charge in [0, 0.05) is 5.92 Å². The zero-order valence-electron chi connectivity index (χ0n) is 17.5. The lowest BCUT2D eigenvalue weighted by molar-refractivity contribution is 0.0696. The Labute approximate surface area is 181 Å². The molecule has 31 heavy (non-hydrogen) atoms. The number of aromatic carboxylic acids is 1. The predicted molar refractivity (Wildman–Crippen MR) is 119 cm³/mol. The Hall–Kier alpha value is -3.60. The van der Waals surface area contributed by atoms with Crippen LogP contribution in [-0.4, -0.2) is 23.8 Å². The zero-order valence-corrected chi connectivity index (χ0v) is 17.5. The lowest BCUT2D eigenvalue weighted by Gasteiger charge is -2.23. The van der Waals surface area contributed by atoms with Gasteiger partial charge in [0.2, 0.25) is 0 Å². The molecule has 0 saturated carbocycles. The van der Waals surface area contributed by atoms with Gasteiger partial charge in [-0.1, -0.05) is 74.5 Å². The molecule has 5 heteroatoms. The van der Waals surface area contributed by atoms with Crippen LogP contribution in [0.5, 0.6) is 0 Å². The van der Waals surface area contributed by atoms with Crippen LogP contribution in [0.3, 0.4) is 0 Å². The smallest absolute Gasteiger partial charge is 0.407 e. The largest absolute Gasteiger partial charge is 0.478 e. The van der Waals surface area contributed by atoms with Crippen molar-refractivity contribution in [2.75, 3.05) is 6.61 Å². The van der Waals surface area contributed by atoms with E-state index in [4.69, 9.17) is 4.74 Å². The fourth-order valence-corrected chi connectivity index (χ4v) is 4.27. The summed E-state index contributed by atoms with van der Waals surface area (Å²) in [6, 6.07) is 22.7. The fraction of sp³-hybridized carbons (Fsp3) is 0.231.